The average molecular weight is 324 g/mol. The minimum Gasteiger partial charge on any atom is -0.370 e. The molecule has 0 aliphatic heterocycles. The Morgan fingerprint density at radius 3 is 2.70 bits per heavy atom. The highest BCUT2D eigenvalue weighted by Gasteiger charge is 2.04. The zero-order chi connectivity index (χ0) is 16.1. The van der Waals surface area contributed by atoms with Gasteiger partial charge in [0.15, 0.2) is 0 Å². The van der Waals surface area contributed by atoms with Gasteiger partial charge in [0.05, 0.1) is 11.2 Å². The van der Waals surface area contributed by atoms with Crippen LogP contribution in [0.25, 0.3) is 22.2 Å². The summed E-state index contributed by atoms with van der Waals surface area (Å²) in [6, 6.07) is 14.5. The summed E-state index contributed by atoms with van der Waals surface area (Å²) < 4.78 is 0. The smallest absolute Gasteiger partial charge is 0.126 e. The Hall–Kier alpha value is -2.11. The molecule has 23 heavy (non-hydrogen) atoms. The van der Waals surface area contributed by atoms with Gasteiger partial charge in [0.25, 0.3) is 0 Å². The summed E-state index contributed by atoms with van der Waals surface area (Å²) in [6.07, 6.45) is 4.89. The first-order valence-corrected chi connectivity index (χ1v) is 8.88. The van der Waals surface area contributed by atoms with Crippen molar-refractivity contribution in [3.63, 3.8) is 0 Å². The molecule has 118 valence electrons. The van der Waals surface area contributed by atoms with E-state index in [1.165, 1.54) is 4.90 Å². The van der Waals surface area contributed by atoms with Crippen molar-refractivity contribution in [1.29, 1.82) is 0 Å². The van der Waals surface area contributed by atoms with Gasteiger partial charge in [-0.15, -0.1) is 11.8 Å². The van der Waals surface area contributed by atoms with Crippen LogP contribution in [0.3, 0.4) is 0 Å². The van der Waals surface area contributed by atoms with Crippen LogP contribution in [-0.4, -0.2) is 29.3 Å². The predicted octanol–water partition coefficient (Wildman–Crippen LogP) is 3.78. The first-order valence-electron chi connectivity index (χ1n) is 7.65. The molecule has 3 rings (SSSR count). The van der Waals surface area contributed by atoms with Gasteiger partial charge in [0, 0.05) is 28.6 Å². The van der Waals surface area contributed by atoms with Gasteiger partial charge >= 0.3 is 0 Å². The Kier molecular flexibility index (Phi) is 5.10. The number of pyridine rings is 2. The molecule has 2 aromatic heterocycles. The first kappa shape index (κ1) is 15.8. The molecule has 0 unspecified atom stereocenters. The molecule has 0 amide bonds. The van der Waals surface area contributed by atoms with Crippen molar-refractivity contribution in [2.24, 2.45) is 5.73 Å². The third-order valence-electron chi connectivity index (χ3n) is 3.65. The zero-order valence-corrected chi connectivity index (χ0v) is 13.9. The summed E-state index contributed by atoms with van der Waals surface area (Å²) in [5, 5.41) is 4.34. The summed E-state index contributed by atoms with van der Waals surface area (Å²) in [5.74, 6) is 0.876. The molecule has 0 saturated heterocycles. The lowest BCUT2D eigenvalue weighted by Gasteiger charge is -2.07. The molecule has 0 saturated carbocycles. The Morgan fingerprint density at radius 1 is 1.13 bits per heavy atom. The van der Waals surface area contributed by atoms with Crippen LogP contribution in [0.15, 0.2) is 53.6 Å². The number of nitrogens with two attached hydrogens (primary N) is 1. The summed E-state index contributed by atoms with van der Waals surface area (Å²) in [7, 11) is 0. The van der Waals surface area contributed by atoms with Crippen LogP contribution in [-0.2, 0) is 0 Å². The fraction of sp³-hybridized carbons (Fsp3) is 0.222. The lowest BCUT2D eigenvalue weighted by atomic mass is 10.1. The second kappa shape index (κ2) is 7.44. The molecule has 3 aromatic rings. The monoisotopic (exact) mass is 324 g/mol. The molecular formula is C18H20N4S. The minimum absolute atomic E-state index is 0.681. The number of aromatic nitrogens is 2. The lowest BCUT2D eigenvalue weighted by Crippen LogP contribution is -2.09. The maximum atomic E-state index is 5.52. The Bertz CT molecular complexity index is 787. The maximum Gasteiger partial charge on any atom is 0.126 e. The number of rotatable bonds is 6. The number of fused-ring (bicyclic) bond motifs is 1. The van der Waals surface area contributed by atoms with Gasteiger partial charge in [-0.05, 0) is 49.6 Å². The van der Waals surface area contributed by atoms with E-state index in [0.29, 0.717) is 6.54 Å². The SMILES string of the molecule is CSc1ccc(-c2cc3nc(NCCCN)ccc3cn2)cc1. The van der Waals surface area contributed by atoms with Crippen LogP contribution in [0, 0.1) is 0 Å². The summed E-state index contributed by atoms with van der Waals surface area (Å²) >= 11 is 1.74. The van der Waals surface area contributed by atoms with E-state index >= 15 is 0 Å². The van der Waals surface area contributed by atoms with E-state index in [4.69, 9.17) is 5.73 Å². The van der Waals surface area contributed by atoms with Gasteiger partial charge < -0.3 is 11.1 Å². The fourth-order valence-corrected chi connectivity index (χ4v) is 2.76. The third kappa shape index (κ3) is 3.81. The van der Waals surface area contributed by atoms with E-state index < -0.39 is 0 Å². The average Bonchev–Trinajstić information content (AvgIpc) is 2.61. The molecule has 3 N–H and O–H groups in total. The first-order chi connectivity index (χ1) is 11.3. The van der Waals surface area contributed by atoms with E-state index in [0.717, 1.165) is 40.9 Å². The zero-order valence-electron chi connectivity index (χ0n) is 13.1. The number of hydrogen-bond acceptors (Lipinski definition) is 5. The molecule has 2 heterocycles. The van der Waals surface area contributed by atoms with Gasteiger partial charge in [0.2, 0.25) is 0 Å². The minimum atomic E-state index is 0.681. The Labute approximate surface area is 140 Å². The largest absolute Gasteiger partial charge is 0.370 e. The van der Waals surface area contributed by atoms with Gasteiger partial charge in [-0.3, -0.25) is 4.98 Å². The second-order valence-electron chi connectivity index (χ2n) is 5.26. The number of nitrogens with one attached hydrogen (secondary N) is 1. The second-order valence-corrected chi connectivity index (χ2v) is 6.14. The van der Waals surface area contributed by atoms with Crippen molar-refractivity contribution in [1.82, 2.24) is 9.97 Å². The number of nitrogens with zero attached hydrogens (tertiary/aromatic N) is 2. The van der Waals surface area contributed by atoms with Crippen molar-refractivity contribution in [3.8, 4) is 11.3 Å². The summed E-state index contributed by atoms with van der Waals surface area (Å²) in [6.45, 7) is 1.52. The van der Waals surface area contributed by atoms with Gasteiger partial charge in [-0.1, -0.05) is 12.1 Å². The van der Waals surface area contributed by atoms with E-state index in [2.05, 4.69) is 45.8 Å². The van der Waals surface area contributed by atoms with E-state index in [9.17, 15) is 0 Å². The van der Waals surface area contributed by atoms with E-state index in [1.807, 2.05) is 24.4 Å². The van der Waals surface area contributed by atoms with Crippen LogP contribution in [0.5, 0.6) is 0 Å². The molecule has 0 spiro atoms. The molecule has 4 nitrogen and oxygen atoms in total. The summed E-state index contributed by atoms with van der Waals surface area (Å²) in [4.78, 5) is 10.5. The van der Waals surface area contributed by atoms with Crippen LogP contribution in [0.1, 0.15) is 6.42 Å². The molecule has 0 bridgehead atoms. The Morgan fingerprint density at radius 2 is 1.96 bits per heavy atom. The van der Waals surface area contributed by atoms with Crippen LogP contribution in [0.4, 0.5) is 5.82 Å². The normalized spacial score (nSPS) is 10.9. The molecule has 5 heteroatoms. The molecule has 1 aromatic carbocycles. The number of thioether (sulfide) groups is 1. The summed E-state index contributed by atoms with van der Waals surface area (Å²) in [5.41, 5.74) is 8.51. The molecule has 0 fully saturated rings. The maximum absolute atomic E-state index is 5.52. The Balaban J connectivity index is 1.89. The standard InChI is InChI=1S/C18H20N4S/c1-23-15-6-3-13(4-7-15)16-11-17-14(12-21-16)5-8-18(22-17)20-10-2-9-19/h3-8,11-12H,2,9-10,19H2,1H3,(H,20,22). The highest BCUT2D eigenvalue weighted by atomic mass is 32.2. The van der Waals surface area contributed by atoms with Crippen LogP contribution >= 0.6 is 11.8 Å². The van der Waals surface area contributed by atoms with Crippen molar-refractivity contribution in [2.45, 2.75) is 11.3 Å². The van der Waals surface area contributed by atoms with Crippen LogP contribution < -0.4 is 11.1 Å². The fourth-order valence-electron chi connectivity index (χ4n) is 2.35. The van der Waals surface area contributed by atoms with Gasteiger partial charge in [0.1, 0.15) is 5.82 Å². The number of hydrogen-bond donors (Lipinski definition) is 2. The van der Waals surface area contributed by atoms with E-state index in [1.54, 1.807) is 11.8 Å². The highest BCUT2D eigenvalue weighted by Crippen LogP contribution is 2.24. The predicted molar refractivity (Wildman–Crippen MR) is 98.9 cm³/mol. The topological polar surface area (TPSA) is 63.8 Å². The van der Waals surface area contributed by atoms with Crippen molar-refractivity contribution in [2.75, 3.05) is 24.7 Å². The third-order valence-corrected chi connectivity index (χ3v) is 4.39. The molecule has 0 aliphatic carbocycles. The molecule has 0 atom stereocenters. The molecule has 0 aliphatic rings. The molecular weight excluding hydrogens is 304 g/mol. The number of benzene rings is 1. The number of anilines is 1. The lowest BCUT2D eigenvalue weighted by molar-refractivity contribution is 0.871. The van der Waals surface area contributed by atoms with Gasteiger partial charge in [-0.2, -0.15) is 0 Å². The van der Waals surface area contributed by atoms with Crippen molar-refractivity contribution >= 4 is 28.5 Å². The van der Waals surface area contributed by atoms with Crippen molar-refractivity contribution in [3.05, 3.63) is 48.7 Å². The van der Waals surface area contributed by atoms with Crippen molar-refractivity contribution < 1.29 is 0 Å². The quantitative estimate of drug-likeness (QED) is 0.534. The van der Waals surface area contributed by atoms with Gasteiger partial charge in [-0.25, -0.2) is 4.98 Å². The highest BCUT2D eigenvalue weighted by molar-refractivity contribution is 7.98. The van der Waals surface area contributed by atoms with Crippen LogP contribution in [0.2, 0.25) is 0 Å². The van der Waals surface area contributed by atoms with E-state index in [-0.39, 0.29) is 0 Å². The molecule has 0 radical (unpaired) electrons.